The van der Waals surface area contributed by atoms with Crippen LogP contribution in [0.4, 0.5) is 0 Å². The lowest BCUT2D eigenvalue weighted by atomic mass is 10.0. The van der Waals surface area contributed by atoms with Crippen LogP contribution in [0.3, 0.4) is 0 Å². The van der Waals surface area contributed by atoms with Gasteiger partial charge < -0.3 is 10.5 Å². The van der Waals surface area contributed by atoms with E-state index in [0.29, 0.717) is 0 Å². The van der Waals surface area contributed by atoms with E-state index >= 15 is 0 Å². The molecule has 0 aliphatic carbocycles. The number of hydrogen-bond acceptors (Lipinski definition) is 2. The maximum absolute atomic E-state index is 5.90. The Bertz CT molecular complexity index is 260. The summed E-state index contributed by atoms with van der Waals surface area (Å²) in [5, 5.41) is 0. The van der Waals surface area contributed by atoms with Crippen LogP contribution in [0.15, 0.2) is 30.3 Å². The van der Waals surface area contributed by atoms with Gasteiger partial charge in [-0.25, -0.2) is 0 Å². The molecule has 0 amide bonds. The van der Waals surface area contributed by atoms with Crippen molar-refractivity contribution in [3.8, 4) is 0 Å². The zero-order chi connectivity index (χ0) is 9.10. The van der Waals surface area contributed by atoms with Gasteiger partial charge in [0.25, 0.3) is 0 Å². The lowest BCUT2D eigenvalue weighted by Crippen LogP contribution is -2.31. The fraction of sp³-hybridized carbons (Fsp3) is 0.455. The van der Waals surface area contributed by atoms with E-state index in [9.17, 15) is 0 Å². The molecule has 70 valence electrons. The smallest absolute Gasteiger partial charge is 0.0767 e. The largest absolute Gasteiger partial charge is 0.376 e. The van der Waals surface area contributed by atoms with Gasteiger partial charge in [-0.2, -0.15) is 0 Å². The molecular weight excluding hydrogens is 162 g/mol. The lowest BCUT2D eigenvalue weighted by Gasteiger charge is -2.13. The fourth-order valence-electron chi connectivity index (χ4n) is 1.72. The van der Waals surface area contributed by atoms with Crippen molar-refractivity contribution in [2.75, 3.05) is 6.61 Å². The lowest BCUT2D eigenvalue weighted by molar-refractivity contribution is 0.105. The summed E-state index contributed by atoms with van der Waals surface area (Å²) in [4.78, 5) is 0. The molecule has 1 aromatic carbocycles. The highest BCUT2D eigenvalue weighted by atomic mass is 16.5. The van der Waals surface area contributed by atoms with Gasteiger partial charge in [-0.15, -0.1) is 0 Å². The number of hydrogen-bond donors (Lipinski definition) is 1. The monoisotopic (exact) mass is 177 g/mol. The van der Waals surface area contributed by atoms with Gasteiger partial charge in [-0.1, -0.05) is 30.3 Å². The SMILES string of the molecule is NC1CCOC1Cc1ccccc1. The molecule has 0 bridgehead atoms. The first-order valence-electron chi connectivity index (χ1n) is 4.77. The predicted octanol–water partition coefficient (Wildman–Crippen LogP) is 1.35. The summed E-state index contributed by atoms with van der Waals surface area (Å²) in [6.07, 6.45) is 2.17. The summed E-state index contributed by atoms with van der Waals surface area (Å²) in [5.41, 5.74) is 7.21. The van der Waals surface area contributed by atoms with Crippen LogP contribution in [-0.4, -0.2) is 18.8 Å². The van der Waals surface area contributed by atoms with Gasteiger partial charge in [-0.3, -0.25) is 0 Å². The van der Waals surface area contributed by atoms with E-state index in [2.05, 4.69) is 24.3 Å². The number of benzene rings is 1. The topological polar surface area (TPSA) is 35.2 Å². The second kappa shape index (κ2) is 3.90. The van der Waals surface area contributed by atoms with Crippen molar-refractivity contribution in [2.24, 2.45) is 5.73 Å². The molecule has 2 N–H and O–H groups in total. The van der Waals surface area contributed by atoms with E-state index in [1.54, 1.807) is 0 Å². The van der Waals surface area contributed by atoms with Gasteiger partial charge in [0.2, 0.25) is 0 Å². The Morgan fingerprint density at radius 3 is 2.69 bits per heavy atom. The van der Waals surface area contributed by atoms with Gasteiger partial charge in [0.1, 0.15) is 0 Å². The molecule has 1 aliphatic heterocycles. The quantitative estimate of drug-likeness (QED) is 0.740. The second-order valence-electron chi connectivity index (χ2n) is 3.55. The van der Waals surface area contributed by atoms with Crippen LogP contribution in [0.1, 0.15) is 12.0 Å². The van der Waals surface area contributed by atoms with Crippen molar-refractivity contribution in [2.45, 2.75) is 25.0 Å². The summed E-state index contributed by atoms with van der Waals surface area (Å²) in [5.74, 6) is 0. The zero-order valence-corrected chi connectivity index (χ0v) is 7.65. The van der Waals surface area contributed by atoms with Crippen LogP contribution >= 0.6 is 0 Å². The third kappa shape index (κ3) is 2.08. The highest BCUT2D eigenvalue weighted by Gasteiger charge is 2.24. The minimum Gasteiger partial charge on any atom is -0.376 e. The Labute approximate surface area is 78.7 Å². The van der Waals surface area contributed by atoms with Crippen molar-refractivity contribution in [3.63, 3.8) is 0 Å². The van der Waals surface area contributed by atoms with Crippen molar-refractivity contribution in [1.29, 1.82) is 0 Å². The van der Waals surface area contributed by atoms with E-state index in [4.69, 9.17) is 10.5 Å². The third-order valence-corrected chi connectivity index (χ3v) is 2.54. The Kier molecular flexibility index (Phi) is 2.62. The van der Waals surface area contributed by atoms with Crippen LogP contribution in [0.5, 0.6) is 0 Å². The predicted molar refractivity (Wildman–Crippen MR) is 52.5 cm³/mol. The molecule has 1 heterocycles. The molecule has 1 saturated heterocycles. The zero-order valence-electron chi connectivity index (χ0n) is 7.65. The van der Waals surface area contributed by atoms with Crippen LogP contribution < -0.4 is 5.73 Å². The maximum atomic E-state index is 5.90. The molecule has 0 aromatic heterocycles. The Morgan fingerprint density at radius 2 is 2.08 bits per heavy atom. The summed E-state index contributed by atoms with van der Waals surface area (Å²) in [6.45, 7) is 0.818. The summed E-state index contributed by atoms with van der Waals surface area (Å²) >= 11 is 0. The molecule has 1 fully saturated rings. The molecule has 2 nitrogen and oxygen atoms in total. The summed E-state index contributed by atoms with van der Waals surface area (Å²) in [7, 11) is 0. The fourth-order valence-corrected chi connectivity index (χ4v) is 1.72. The van der Waals surface area contributed by atoms with Gasteiger partial charge in [0, 0.05) is 19.1 Å². The van der Waals surface area contributed by atoms with Crippen molar-refractivity contribution in [1.82, 2.24) is 0 Å². The Hall–Kier alpha value is -0.860. The Morgan fingerprint density at radius 1 is 1.31 bits per heavy atom. The van der Waals surface area contributed by atoms with Crippen molar-refractivity contribution in [3.05, 3.63) is 35.9 Å². The minimum absolute atomic E-state index is 0.222. The van der Waals surface area contributed by atoms with E-state index in [0.717, 1.165) is 19.4 Å². The molecule has 0 spiro atoms. The molecule has 2 unspecified atom stereocenters. The first kappa shape index (κ1) is 8.73. The van der Waals surface area contributed by atoms with E-state index in [-0.39, 0.29) is 12.1 Å². The summed E-state index contributed by atoms with van der Waals surface area (Å²) < 4.78 is 5.54. The molecule has 13 heavy (non-hydrogen) atoms. The number of nitrogens with two attached hydrogens (primary N) is 1. The van der Waals surface area contributed by atoms with Gasteiger partial charge in [0.05, 0.1) is 6.10 Å². The molecular formula is C11H15NO. The average Bonchev–Trinajstić information content (AvgIpc) is 2.54. The van der Waals surface area contributed by atoms with Gasteiger partial charge in [0.15, 0.2) is 0 Å². The van der Waals surface area contributed by atoms with Gasteiger partial charge >= 0.3 is 0 Å². The third-order valence-electron chi connectivity index (χ3n) is 2.54. The van der Waals surface area contributed by atoms with Crippen LogP contribution in [0.25, 0.3) is 0 Å². The Balaban J connectivity index is 1.98. The van der Waals surface area contributed by atoms with Crippen LogP contribution in [0, 0.1) is 0 Å². The summed E-state index contributed by atoms with van der Waals surface area (Å²) in [6, 6.07) is 10.6. The highest BCUT2D eigenvalue weighted by molar-refractivity contribution is 5.16. The highest BCUT2D eigenvalue weighted by Crippen LogP contribution is 2.16. The number of ether oxygens (including phenoxy) is 1. The van der Waals surface area contributed by atoms with Crippen molar-refractivity contribution < 1.29 is 4.74 Å². The normalized spacial score (nSPS) is 27.8. The standard InChI is InChI=1S/C11H15NO/c12-10-6-7-13-11(10)8-9-4-2-1-3-5-9/h1-5,10-11H,6-8,12H2. The van der Waals surface area contributed by atoms with Crippen LogP contribution in [0.2, 0.25) is 0 Å². The van der Waals surface area contributed by atoms with E-state index in [1.807, 2.05) is 6.07 Å². The molecule has 2 heteroatoms. The van der Waals surface area contributed by atoms with Crippen molar-refractivity contribution >= 4 is 0 Å². The molecule has 1 aromatic rings. The first-order valence-corrected chi connectivity index (χ1v) is 4.77. The minimum atomic E-state index is 0.222. The molecule has 2 atom stereocenters. The van der Waals surface area contributed by atoms with E-state index < -0.39 is 0 Å². The maximum Gasteiger partial charge on any atom is 0.0767 e. The van der Waals surface area contributed by atoms with E-state index in [1.165, 1.54) is 5.56 Å². The van der Waals surface area contributed by atoms with Crippen LogP contribution in [-0.2, 0) is 11.2 Å². The number of rotatable bonds is 2. The van der Waals surface area contributed by atoms with Gasteiger partial charge in [-0.05, 0) is 12.0 Å². The molecule has 0 radical (unpaired) electrons. The molecule has 0 saturated carbocycles. The first-order chi connectivity index (χ1) is 6.36. The molecule has 1 aliphatic rings. The average molecular weight is 177 g/mol. The second-order valence-corrected chi connectivity index (χ2v) is 3.55. The molecule has 2 rings (SSSR count).